The van der Waals surface area contributed by atoms with Crippen LogP contribution in [0.25, 0.3) is 0 Å². The van der Waals surface area contributed by atoms with Crippen LogP contribution in [0.2, 0.25) is 0 Å². The molecule has 0 bridgehead atoms. The first kappa shape index (κ1) is 25.0. The Morgan fingerprint density at radius 3 is 2.39 bits per heavy atom. The van der Waals surface area contributed by atoms with Crippen LogP contribution in [0, 0.1) is 5.82 Å². The molecule has 1 fully saturated rings. The molecule has 0 unspecified atom stereocenters. The van der Waals surface area contributed by atoms with Crippen molar-refractivity contribution in [2.75, 3.05) is 30.6 Å². The molecule has 33 heavy (non-hydrogen) atoms. The minimum atomic E-state index is -4.07. The smallest absolute Gasteiger partial charge is 0.264 e. The van der Waals surface area contributed by atoms with Gasteiger partial charge < -0.3 is 14.8 Å². The van der Waals surface area contributed by atoms with Gasteiger partial charge in [0.15, 0.2) is 0 Å². The maximum atomic E-state index is 13.4. The van der Waals surface area contributed by atoms with Crippen LogP contribution in [0.3, 0.4) is 0 Å². The molecular weight excluding hydrogens is 447 g/mol. The molecule has 0 atom stereocenters. The Kier molecular flexibility index (Phi) is 9.08. The van der Waals surface area contributed by atoms with E-state index >= 15 is 0 Å². The summed E-state index contributed by atoms with van der Waals surface area (Å²) in [5, 5.41) is 2.75. The molecule has 2 aromatic carbocycles. The van der Waals surface area contributed by atoms with Gasteiger partial charge in [-0.05, 0) is 74.7 Å². The third kappa shape index (κ3) is 7.17. The van der Waals surface area contributed by atoms with Crippen molar-refractivity contribution in [3.63, 3.8) is 0 Å². The fraction of sp³-hybridized carbons (Fsp3) is 0.458. The lowest BCUT2D eigenvalue weighted by molar-refractivity contribution is -0.119. The quantitative estimate of drug-likeness (QED) is 0.468. The molecule has 1 aliphatic carbocycles. The van der Waals surface area contributed by atoms with Crippen molar-refractivity contribution in [3.05, 3.63) is 54.3 Å². The molecule has 9 heteroatoms. The van der Waals surface area contributed by atoms with Crippen molar-refractivity contribution in [2.24, 2.45) is 0 Å². The Bertz CT molecular complexity index is 991. The SMILES string of the molecule is CCOc1ccc(S(=O)(=O)N(CC(=O)NCCCOC2CCCC2)c2ccc(F)cc2)cc1. The maximum absolute atomic E-state index is 13.4. The van der Waals surface area contributed by atoms with Gasteiger partial charge in [0.25, 0.3) is 10.0 Å². The monoisotopic (exact) mass is 478 g/mol. The number of ether oxygens (including phenoxy) is 2. The lowest BCUT2D eigenvalue weighted by Crippen LogP contribution is -2.41. The Balaban J connectivity index is 1.66. The number of halogens is 1. The van der Waals surface area contributed by atoms with E-state index < -0.39 is 28.3 Å². The summed E-state index contributed by atoms with van der Waals surface area (Å²) in [7, 11) is -4.07. The minimum Gasteiger partial charge on any atom is -0.494 e. The highest BCUT2D eigenvalue weighted by Crippen LogP contribution is 2.25. The van der Waals surface area contributed by atoms with Crippen LogP contribution < -0.4 is 14.4 Å². The first-order valence-electron chi connectivity index (χ1n) is 11.3. The van der Waals surface area contributed by atoms with E-state index in [4.69, 9.17) is 9.47 Å². The summed E-state index contributed by atoms with van der Waals surface area (Å²) in [5.74, 6) is -0.402. The number of hydrogen-bond donors (Lipinski definition) is 1. The summed E-state index contributed by atoms with van der Waals surface area (Å²) in [6, 6.07) is 11.0. The fourth-order valence-corrected chi connectivity index (χ4v) is 5.14. The lowest BCUT2D eigenvalue weighted by Gasteiger charge is -2.24. The molecule has 0 heterocycles. The van der Waals surface area contributed by atoms with E-state index in [9.17, 15) is 17.6 Å². The van der Waals surface area contributed by atoms with Gasteiger partial charge in [0, 0.05) is 13.2 Å². The average Bonchev–Trinajstić information content (AvgIpc) is 3.32. The van der Waals surface area contributed by atoms with E-state index in [-0.39, 0.29) is 10.6 Å². The number of amides is 1. The predicted molar refractivity (Wildman–Crippen MR) is 124 cm³/mol. The summed E-state index contributed by atoms with van der Waals surface area (Å²) in [4.78, 5) is 12.6. The number of carbonyl (C=O) groups is 1. The van der Waals surface area contributed by atoms with Gasteiger partial charge in [-0.25, -0.2) is 12.8 Å². The zero-order valence-electron chi connectivity index (χ0n) is 18.8. The van der Waals surface area contributed by atoms with Crippen molar-refractivity contribution in [1.29, 1.82) is 0 Å². The van der Waals surface area contributed by atoms with E-state index in [1.54, 1.807) is 12.1 Å². The Morgan fingerprint density at radius 2 is 1.76 bits per heavy atom. The van der Waals surface area contributed by atoms with Gasteiger partial charge in [-0.1, -0.05) is 12.8 Å². The summed E-state index contributed by atoms with van der Waals surface area (Å²) >= 11 is 0. The number of hydrogen-bond acceptors (Lipinski definition) is 5. The molecule has 0 spiro atoms. The highest BCUT2D eigenvalue weighted by atomic mass is 32.2. The largest absolute Gasteiger partial charge is 0.494 e. The molecule has 0 saturated heterocycles. The van der Waals surface area contributed by atoms with Crippen LogP contribution in [-0.4, -0.2) is 46.7 Å². The van der Waals surface area contributed by atoms with Crippen molar-refractivity contribution >= 4 is 21.6 Å². The summed E-state index contributed by atoms with van der Waals surface area (Å²) < 4.78 is 52.2. The Labute approximate surface area is 194 Å². The van der Waals surface area contributed by atoms with Crippen LogP contribution in [0.5, 0.6) is 5.75 Å². The molecule has 1 saturated carbocycles. The highest BCUT2D eigenvalue weighted by Gasteiger charge is 2.27. The van der Waals surface area contributed by atoms with Crippen molar-refractivity contribution in [2.45, 2.75) is 50.0 Å². The zero-order valence-corrected chi connectivity index (χ0v) is 19.7. The second-order valence-corrected chi connectivity index (χ2v) is 9.74. The zero-order chi connectivity index (χ0) is 23.7. The first-order chi connectivity index (χ1) is 15.9. The third-order valence-electron chi connectivity index (χ3n) is 5.42. The molecule has 1 N–H and O–H groups in total. The van der Waals surface area contributed by atoms with Gasteiger partial charge in [-0.2, -0.15) is 0 Å². The van der Waals surface area contributed by atoms with Crippen LogP contribution in [0.4, 0.5) is 10.1 Å². The normalized spacial score (nSPS) is 14.2. The molecule has 1 aliphatic rings. The van der Waals surface area contributed by atoms with Gasteiger partial charge in [0.1, 0.15) is 18.1 Å². The predicted octanol–water partition coefficient (Wildman–Crippen LogP) is 3.89. The van der Waals surface area contributed by atoms with E-state index in [1.165, 1.54) is 37.1 Å². The lowest BCUT2D eigenvalue weighted by atomic mass is 10.3. The van der Waals surface area contributed by atoms with Gasteiger partial charge >= 0.3 is 0 Å². The van der Waals surface area contributed by atoms with Crippen LogP contribution in [-0.2, 0) is 19.6 Å². The second-order valence-electron chi connectivity index (χ2n) is 7.87. The van der Waals surface area contributed by atoms with E-state index in [1.807, 2.05) is 6.92 Å². The molecule has 180 valence electrons. The molecule has 1 amide bonds. The number of nitrogens with one attached hydrogen (secondary N) is 1. The van der Waals surface area contributed by atoms with E-state index in [0.29, 0.717) is 38.0 Å². The Hall–Kier alpha value is -2.65. The first-order valence-corrected chi connectivity index (χ1v) is 12.7. The fourth-order valence-electron chi connectivity index (χ4n) is 3.72. The minimum absolute atomic E-state index is 0.00745. The number of carbonyl (C=O) groups excluding carboxylic acids is 1. The third-order valence-corrected chi connectivity index (χ3v) is 7.21. The van der Waals surface area contributed by atoms with E-state index in [2.05, 4.69) is 5.32 Å². The maximum Gasteiger partial charge on any atom is 0.264 e. The number of rotatable bonds is 12. The number of benzene rings is 2. The van der Waals surface area contributed by atoms with Crippen LogP contribution >= 0.6 is 0 Å². The van der Waals surface area contributed by atoms with Crippen LogP contribution in [0.1, 0.15) is 39.0 Å². The summed E-state index contributed by atoms with van der Waals surface area (Å²) in [6.45, 7) is 2.80. The van der Waals surface area contributed by atoms with Crippen molar-refractivity contribution in [3.8, 4) is 5.75 Å². The van der Waals surface area contributed by atoms with Gasteiger partial charge in [0.05, 0.1) is 23.3 Å². The topological polar surface area (TPSA) is 84.9 Å². The average molecular weight is 479 g/mol. The molecule has 2 aromatic rings. The summed E-state index contributed by atoms with van der Waals surface area (Å²) in [5.41, 5.74) is 0.199. The van der Waals surface area contributed by atoms with Gasteiger partial charge in [-0.3, -0.25) is 9.10 Å². The van der Waals surface area contributed by atoms with Crippen LogP contribution in [0.15, 0.2) is 53.4 Å². The van der Waals surface area contributed by atoms with E-state index in [0.717, 1.165) is 29.3 Å². The molecule has 0 aliphatic heterocycles. The molecule has 7 nitrogen and oxygen atoms in total. The van der Waals surface area contributed by atoms with Crippen molar-refractivity contribution in [1.82, 2.24) is 5.32 Å². The molecule has 0 radical (unpaired) electrons. The van der Waals surface area contributed by atoms with Crippen molar-refractivity contribution < 1.29 is 27.1 Å². The number of nitrogens with zero attached hydrogens (tertiary/aromatic N) is 1. The number of sulfonamides is 1. The second kappa shape index (κ2) is 12.0. The van der Waals surface area contributed by atoms with Gasteiger partial charge in [-0.15, -0.1) is 0 Å². The number of anilines is 1. The molecule has 0 aromatic heterocycles. The Morgan fingerprint density at radius 1 is 1.09 bits per heavy atom. The standard InChI is InChI=1S/C24H31FN2O5S/c1-2-31-22-12-14-23(15-13-22)33(29,30)27(20-10-8-19(25)9-11-20)18-24(28)26-16-5-17-32-21-6-3-4-7-21/h8-15,21H,2-7,16-18H2,1H3,(H,26,28). The highest BCUT2D eigenvalue weighted by molar-refractivity contribution is 7.92. The van der Waals surface area contributed by atoms with Gasteiger partial charge in [0.2, 0.25) is 5.91 Å². The molecule has 3 rings (SSSR count). The summed E-state index contributed by atoms with van der Waals surface area (Å²) in [6.07, 6.45) is 5.52. The molecular formula is C24H31FN2O5S.